The van der Waals surface area contributed by atoms with Gasteiger partial charge in [-0.05, 0) is 38.5 Å². The molecule has 0 aliphatic carbocycles. The number of fused-ring (bicyclic) bond motifs is 1. The van der Waals surface area contributed by atoms with Crippen molar-refractivity contribution in [2.45, 2.75) is 44.6 Å². The van der Waals surface area contributed by atoms with E-state index >= 15 is 0 Å². The Labute approximate surface area is 190 Å². The summed E-state index contributed by atoms with van der Waals surface area (Å²) < 4.78 is 39.1. The van der Waals surface area contributed by atoms with Crippen molar-refractivity contribution in [3.63, 3.8) is 0 Å². The van der Waals surface area contributed by atoms with Crippen molar-refractivity contribution >= 4 is 38.7 Å². The molecule has 0 fully saturated rings. The van der Waals surface area contributed by atoms with Crippen LogP contribution in [0, 0.1) is 17.2 Å². The number of ether oxygens (including phenoxy) is 1. The molecule has 0 spiro atoms. The third-order valence-corrected chi connectivity index (χ3v) is 6.23. The van der Waals surface area contributed by atoms with Crippen molar-refractivity contribution in [1.82, 2.24) is 10.0 Å². The first-order valence-electron chi connectivity index (χ1n) is 10.1. The first-order chi connectivity index (χ1) is 15.5. The monoisotopic (exact) mass is 479 g/mol. The molecule has 33 heavy (non-hydrogen) atoms. The average Bonchev–Trinajstić information content (AvgIpc) is 3.16. The zero-order valence-corrected chi connectivity index (χ0v) is 19.2. The van der Waals surface area contributed by atoms with Gasteiger partial charge in [0.15, 0.2) is 23.0 Å². The number of ketones is 1. The molecule has 2 atom stereocenters. The first-order valence-corrected chi connectivity index (χ1v) is 11.6. The molecule has 2 unspecified atom stereocenters. The lowest BCUT2D eigenvalue weighted by atomic mass is 10.1. The van der Waals surface area contributed by atoms with Gasteiger partial charge in [0, 0.05) is 18.4 Å². The van der Waals surface area contributed by atoms with Crippen molar-refractivity contribution in [3.8, 4) is 11.8 Å². The Morgan fingerprint density at radius 3 is 2.58 bits per heavy atom. The quantitative estimate of drug-likeness (QED) is 0.303. The Morgan fingerprint density at radius 1 is 1.30 bits per heavy atom. The van der Waals surface area contributed by atoms with Gasteiger partial charge in [0.2, 0.25) is 15.9 Å². The lowest BCUT2D eigenvalue weighted by Crippen LogP contribution is -2.35. The minimum absolute atomic E-state index is 0.0610. The van der Waals surface area contributed by atoms with Crippen LogP contribution < -0.4 is 14.8 Å². The number of hydrogen-bond acceptors (Lipinski definition) is 8. The lowest BCUT2D eigenvalue weighted by Gasteiger charge is -2.13. The maximum atomic E-state index is 12.7. The van der Waals surface area contributed by atoms with Gasteiger partial charge in [0.25, 0.3) is 0 Å². The number of benzene rings is 1. The summed E-state index contributed by atoms with van der Waals surface area (Å²) >= 11 is 0. The fraction of sp³-hybridized carbons (Fsp3) is 0.429. The van der Waals surface area contributed by atoms with Crippen LogP contribution in [0.2, 0.25) is 0 Å². The maximum Gasteiger partial charge on any atom is 0.303 e. The van der Waals surface area contributed by atoms with E-state index in [9.17, 15) is 22.8 Å². The van der Waals surface area contributed by atoms with Crippen molar-refractivity contribution < 1.29 is 37.1 Å². The Hall–Kier alpha value is -3.43. The Bertz CT molecular complexity index is 1200. The molecule has 2 rings (SSSR count). The lowest BCUT2D eigenvalue weighted by molar-refractivity contribution is -0.137. The van der Waals surface area contributed by atoms with E-state index in [0.717, 1.165) is 6.92 Å². The molecule has 3 N–H and O–H groups in total. The summed E-state index contributed by atoms with van der Waals surface area (Å²) in [5.41, 5.74) is 0.101. The summed E-state index contributed by atoms with van der Waals surface area (Å²) in [6.45, 7) is 4.54. The smallest absolute Gasteiger partial charge is 0.303 e. The number of amides is 1. The van der Waals surface area contributed by atoms with E-state index < -0.39 is 39.6 Å². The molecule has 1 amide bonds. The summed E-state index contributed by atoms with van der Waals surface area (Å²) in [6, 6.07) is 5.02. The predicted octanol–water partition coefficient (Wildman–Crippen LogP) is 1.88. The van der Waals surface area contributed by atoms with Crippen molar-refractivity contribution in [2.24, 2.45) is 5.92 Å². The highest BCUT2D eigenvalue weighted by Gasteiger charge is 2.27. The molecule has 0 radical (unpaired) electrons. The summed E-state index contributed by atoms with van der Waals surface area (Å²) in [4.78, 5) is 34.3. The summed E-state index contributed by atoms with van der Waals surface area (Å²) in [6.07, 6.45) is 0.133. The minimum Gasteiger partial charge on any atom is -0.490 e. The first kappa shape index (κ1) is 25.8. The van der Waals surface area contributed by atoms with Crippen LogP contribution in [-0.4, -0.2) is 44.3 Å². The van der Waals surface area contributed by atoms with E-state index in [4.69, 9.17) is 19.5 Å². The van der Waals surface area contributed by atoms with Gasteiger partial charge in [-0.25, -0.2) is 13.1 Å². The number of carboxylic acid groups (broad SMARTS) is 1. The fourth-order valence-electron chi connectivity index (χ4n) is 3.03. The number of nitrogens with one attached hydrogen (secondary N) is 2. The number of carboxylic acids is 1. The molecule has 0 aliphatic heterocycles. The second-order valence-corrected chi connectivity index (χ2v) is 8.94. The molecule has 0 saturated carbocycles. The predicted molar refractivity (Wildman–Crippen MR) is 116 cm³/mol. The average molecular weight is 480 g/mol. The molecule has 12 heteroatoms. The zero-order chi connectivity index (χ0) is 24.8. The van der Waals surface area contributed by atoms with Crippen molar-refractivity contribution in [1.29, 1.82) is 5.26 Å². The number of sulfonamides is 1. The molecule has 178 valence electrons. The number of carbonyl (C=O) groups excluding carboxylic acids is 2. The Morgan fingerprint density at radius 2 is 2.00 bits per heavy atom. The highest BCUT2D eigenvalue weighted by Crippen LogP contribution is 2.35. The van der Waals surface area contributed by atoms with Gasteiger partial charge in [-0.1, -0.05) is 6.92 Å². The molecule has 2 aromatic rings. The number of carbonyl (C=O) groups is 3. The number of nitriles is 1. The summed E-state index contributed by atoms with van der Waals surface area (Å²) in [7, 11) is -3.87. The Kier molecular flexibility index (Phi) is 8.56. The van der Waals surface area contributed by atoms with Gasteiger partial charge in [-0.2, -0.15) is 5.26 Å². The molecule has 11 nitrogen and oxygen atoms in total. The van der Waals surface area contributed by atoms with Crippen LogP contribution in [0.25, 0.3) is 11.0 Å². The number of aliphatic carboxylic acids is 1. The standard InChI is InChI=1S/C21H25N3O8S/c1-4-23-33(29,30)18-8-7-16(31-9-5-6-19(26)27)20-14(18)10-17(32-20)12(2)24-21(28)15(11-22)13(3)25/h7-8,10,12,15,23H,4-6,9H2,1-3H3,(H,24,28)(H,26,27). The fourth-order valence-corrected chi connectivity index (χ4v) is 4.25. The highest BCUT2D eigenvalue weighted by atomic mass is 32.2. The van der Waals surface area contributed by atoms with E-state index in [2.05, 4.69) is 10.0 Å². The second-order valence-electron chi connectivity index (χ2n) is 7.20. The van der Waals surface area contributed by atoms with Gasteiger partial charge in [0.05, 0.1) is 23.6 Å². The van der Waals surface area contributed by atoms with Crippen LogP contribution in [0.5, 0.6) is 5.75 Å². The van der Waals surface area contributed by atoms with Gasteiger partial charge in [0.1, 0.15) is 5.76 Å². The van der Waals surface area contributed by atoms with Crippen LogP contribution in [0.3, 0.4) is 0 Å². The van der Waals surface area contributed by atoms with E-state index in [1.54, 1.807) is 19.9 Å². The summed E-state index contributed by atoms with van der Waals surface area (Å²) in [5.74, 6) is -3.48. The largest absolute Gasteiger partial charge is 0.490 e. The zero-order valence-electron chi connectivity index (χ0n) is 18.4. The normalized spacial score (nSPS) is 13.2. The van der Waals surface area contributed by atoms with Crippen molar-refractivity contribution in [2.75, 3.05) is 13.2 Å². The number of hydrogen-bond donors (Lipinski definition) is 3. The molecular weight excluding hydrogens is 454 g/mol. The van der Waals surface area contributed by atoms with Crippen LogP contribution in [-0.2, 0) is 24.4 Å². The van der Waals surface area contributed by atoms with Gasteiger partial charge < -0.3 is 19.6 Å². The van der Waals surface area contributed by atoms with Crippen LogP contribution >= 0.6 is 0 Å². The molecule has 0 bridgehead atoms. The third-order valence-electron chi connectivity index (χ3n) is 4.63. The topological polar surface area (TPSA) is 176 Å². The van der Waals surface area contributed by atoms with E-state index in [-0.39, 0.29) is 53.4 Å². The van der Waals surface area contributed by atoms with E-state index in [1.807, 2.05) is 0 Å². The Balaban J connectivity index is 2.44. The third kappa shape index (κ3) is 6.30. The molecule has 0 aliphatic rings. The SMILES string of the molecule is CCNS(=O)(=O)c1ccc(OCCCC(=O)O)c2oc(C(C)NC(=O)C(C#N)C(C)=O)cc12. The van der Waals surface area contributed by atoms with Gasteiger partial charge in [-0.3, -0.25) is 14.4 Å². The van der Waals surface area contributed by atoms with Crippen LogP contribution in [0.1, 0.15) is 45.4 Å². The summed E-state index contributed by atoms with van der Waals surface area (Å²) in [5, 5.41) is 20.5. The molecule has 1 heterocycles. The van der Waals surface area contributed by atoms with Crippen molar-refractivity contribution in [3.05, 3.63) is 24.0 Å². The second kappa shape index (κ2) is 10.9. The van der Waals surface area contributed by atoms with Gasteiger partial charge in [-0.15, -0.1) is 0 Å². The number of rotatable bonds is 12. The van der Waals surface area contributed by atoms with Gasteiger partial charge >= 0.3 is 5.97 Å². The molecule has 1 aromatic heterocycles. The highest BCUT2D eigenvalue weighted by molar-refractivity contribution is 7.89. The maximum absolute atomic E-state index is 12.7. The number of Topliss-reactive ketones (excluding diaryl/α,β-unsaturated/α-hetero) is 1. The number of nitrogens with zero attached hydrogens (tertiary/aromatic N) is 1. The van der Waals surface area contributed by atoms with E-state index in [0.29, 0.717) is 0 Å². The number of furan rings is 1. The molecule has 1 aromatic carbocycles. The van der Waals surface area contributed by atoms with Crippen LogP contribution in [0.15, 0.2) is 27.5 Å². The van der Waals surface area contributed by atoms with Crippen LogP contribution in [0.4, 0.5) is 0 Å². The minimum atomic E-state index is -3.87. The molecule has 0 saturated heterocycles. The van der Waals surface area contributed by atoms with E-state index in [1.165, 1.54) is 18.2 Å². The molecular formula is C21H25N3O8S.